The van der Waals surface area contributed by atoms with E-state index in [1.165, 1.54) is 29.5 Å². The number of halogens is 3. The quantitative estimate of drug-likeness (QED) is 0.338. The SMILES string of the molecule is O=S(=O)(Oc1ccc2cc(-c3nc4ccccc4s3)ccc2c1)C(F)(F)F. The number of nitrogens with zero attached hydrogens (tertiary/aromatic N) is 1. The largest absolute Gasteiger partial charge is 0.534 e. The van der Waals surface area contributed by atoms with Gasteiger partial charge in [0.1, 0.15) is 10.8 Å². The molecule has 0 atom stereocenters. The van der Waals surface area contributed by atoms with Crippen molar-refractivity contribution in [2.24, 2.45) is 0 Å². The van der Waals surface area contributed by atoms with Crippen LogP contribution in [0.4, 0.5) is 13.2 Å². The molecule has 0 aliphatic carbocycles. The van der Waals surface area contributed by atoms with E-state index in [4.69, 9.17) is 0 Å². The van der Waals surface area contributed by atoms with Gasteiger partial charge in [0.25, 0.3) is 0 Å². The minimum atomic E-state index is -5.69. The van der Waals surface area contributed by atoms with Crippen LogP contribution in [0, 0.1) is 0 Å². The molecule has 0 aliphatic heterocycles. The fourth-order valence-electron chi connectivity index (χ4n) is 2.58. The van der Waals surface area contributed by atoms with Gasteiger partial charge in [-0.15, -0.1) is 11.3 Å². The van der Waals surface area contributed by atoms with Gasteiger partial charge in [0.05, 0.1) is 10.2 Å². The zero-order chi connectivity index (χ0) is 19.2. The predicted octanol–water partition coefficient (Wildman–Crippen LogP) is 5.34. The zero-order valence-electron chi connectivity index (χ0n) is 13.4. The zero-order valence-corrected chi connectivity index (χ0v) is 15.0. The van der Waals surface area contributed by atoms with E-state index >= 15 is 0 Å². The van der Waals surface area contributed by atoms with Gasteiger partial charge in [0, 0.05) is 5.56 Å². The van der Waals surface area contributed by atoms with Gasteiger partial charge in [-0.1, -0.05) is 30.3 Å². The average molecular weight is 409 g/mol. The second-order valence-corrected chi connectivity index (χ2v) is 8.26. The van der Waals surface area contributed by atoms with E-state index in [-0.39, 0.29) is 0 Å². The molecule has 9 heteroatoms. The van der Waals surface area contributed by atoms with E-state index in [0.29, 0.717) is 5.39 Å². The summed E-state index contributed by atoms with van der Waals surface area (Å²) in [6, 6.07) is 17.0. The highest BCUT2D eigenvalue weighted by molar-refractivity contribution is 7.88. The number of thiazole rings is 1. The lowest BCUT2D eigenvalue weighted by molar-refractivity contribution is -0.0500. The van der Waals surface area contributed by atoms with Crippen molar-refractivity contribution >= 4 is 42.4 Å². The normalized spacial score (nSPS) is 12.6. The molecular weight excluding hydrogens is 399 g/mol. The number of alkyl halides is 3. The van der Waals surface area contributed by atoms with Crippen molar-refractivity contribution < 1.29 is 25.8 Å². The van der Waals surface area contributed by atoms with Crippen molar-refractivity contribution in [3.63, 3.8) is 0 Å². The molecule has 1 heterocycles. The fraction of sp³-hybridized carbons (Fsp3) is 0.0556. The van der Waals surface area contributed by atoms with E-state index in [1.807, 2.05) is 30.3 Å². The number of fused-ring (bicyclic) bond motifs is 2. The summed E-state index contributed by atoms with van der Waals surface area (Å²) in [7, 11) is -5.69. The number of hydrogen-bond acceptors (Lipinski definition) is 5. The van der Waals surface area contributed by atoms with Crippen molar-refractivity contribution in [1.82, 2.24) is 4.98 Å². The molecule has 3 aromatic carbocycles. The first-order valence-corrected chi connectivity index (χ1v) is 9.86. The Morgan fingerprint density at radius 3 is 2.37 bits per heavy atom. The Labute approximate surface area is 156 Å². The van der Waals surface area contributed by atoms with Crippen LogP contribution >= 0.6 is 11.3 Å². The molecule has 0 radical (unpaired) electrons. The van der Waals surface area contributed by atoms with Crippen LogP contribution in [0.1, 0.15) is 0 Å². The van der Waals surface area contributed by atoms with Gasteiger partial charge in [-0.05, 0) is 41.1 Å². The van der Waals surface area contributed by atoms with Crippen molar-refractivity contribution in [3.8, 4) is 16.3 Å². The van der Waals surface area contributed by atoms with Crippen molar-refractivity contribution in [2.45, 2.75) is 5.51 Å². The minimum Gasteiger partial charge on any atom is -0.376 e. The molecule has 0 spiro atoms. The van der Waals surface area contributed by atoms with Crippen LogP contribution in [0.15, 0.2) is 60.7 Å². The average Bonchev–Trinajstić information content (AvgIpc) is 3.04. The van der Waals surface area contributed by atoms with Crippen molar-refractivity contribution in [3.05, 3.63) is 60.7 Å². The summed E-state index contributed by atoms with van der Waals surface area (Å²) >= 11 is 1.53. The molecule has 0 bridgehead atoms. The van der Waals surface area contributed by atoms with Gasteiger partial charge in [-0.3, -0.25) is 0 Å². The molecule has 4 rings (SSSR count). The highest BCUT2D eigenvalue weighted by Gasteiger charge is 2.48. The van der Waals surface area contributed by atoms with Crippen molar-refractivity contribution in [2.75, 3.05) is 0 Å². The third-order valence-corrected chi connectivity index (χ3v) is 5.91. The summed E-state index contributed by atoms with van der Waals surface area (Å²) in [5, 5.41) is 2.09. The molecule has 0 aliphatic rings. The maximum Gasteiger partial charge on any atom is 0.534 e. The van der Waals surface area contributed by atoms with Crippen LogP contribution in [-0.4, -0.2) is 18.9 Å². The second kappa shape index (κ2) is 6.21. The van der Waals surface area contributed by atoms with E-state index in [0.717, 1.165) is 26.2 Å². The number of aromatic nitrogens is 1. The van der Waals surface area contributed by atoms with E-state index in [9.17, 15) is 21.6 Å². The number of para-hydroxylation sites is 1. The molecule has 4 aromatic rings. The first-order chi connectivity index (χ1) is 12.7. The summed E-state index contributed by atoms with van der Waals surface area (Å²) in [5.41, 5.74) is -3.72. The molecule has 1 aromatic heterocycles. The van der Waals surface area contributed by atoms with E-state index in [2.05, 4.69) is 9.17 Å². The smallest absolute Gasteiger partial charge is 0.376 e. The van der Waals surface area contributed by atoms with Crippen molar-refractivity contribution in [1.29, 1.82) is 0 Å². The molecule has 0 saturated heterocycles. The van der Waals surface area contributed by atoms with Crippen LogP contribution < -0.4 is 4.18 Å². The summed E-state index contributed by atoms with van der Waals surface area (Å²) < 4.78 is 64.8. The first-order valence-electron chi connectivity index (χ1n) is 7.63. The molecule has 4 nitrogen and oxygen atoms in total. The van der Waals surface area contributed by atoms with Gasteiger partial charge in [-0.25, -0.2) is 4.98 Å². The molecule has 0 N–H and O–H groups in total. The van der Waals surface area contributed by atoms with Crippen LogP contribution in [0.5, 0.6) is 5.75 Å². The Bertz CT molecular complexity index is 1230. The van der Waals surface area contributed by atoms with Crippen LogP contribution in [-0.2, 0) is 10.1 Å². The maximum atomic E-state index is 12.4. The van der Waals surface area contributed by atoms with Crippen LogP contribution in [0.3, 0.4) is 0 Å². The van der Waals surface area contributed by atoms with Gasteiger partial charge in [0.2, 0.25) is 0 Å². The van der Waals surface area contributed by atoms with Gasteiger partial charge in [0.15, 0.2) is 0 Å². The second-order valence-electron chi connectivity index (χ2n) is 5.69. The molecule has 138 valence electrons. The lowest BCUT2D eigenvalue weighted by Crippen LogP contribution is -2.28. The molecule has 0 amide bonds. The Balaban J connectivity index is 1.70. The molecule has 0 saturated carbocycles. The van der Waals surface area contributed by atoms with E-state index < -0.39 is 21.4 Å². The van der Waals surface area contributed by atoms with Crippen LogP contribution in [0.25, 0.3) is 31.6 Å². The third-order valence-electron chi connectivity index (χ3n) is 3.84. The Morgan fingerprint density at radius 2 is 1.63 bits per heavy atom. The third kappa shape index (κ3) is 3.35. The number of benzene rings is 3. The van der Waals surface area contributed by atoms with Crippen LogP contribution in [0.2, 0.25) is 0 Å². The highest BCUT2D eigenvalue weighted by Crippen LogP contribution is 2.33. The standard InChI is InChI=1S/C18H10F3NO3S2/c19-18(20,21)27(23,24)25-14-8-7-11-9-13(6-5-12(11)10-14)17-22-15-3-1-2-4-16(15)26-17/h1-10H. The lowest BCUT2D eigenvalue weighted by atomic mass is 10.1. The lowest BCUT2D eigenvalue weighted by Gasteiger charge is -2.10. The maximum absolute atomic E-state index is 12.4. The van der Waals surface area contributed by atoms with Gasteiger partial charge < -0.3 is 4.18 Å². The molecule has 0 fully saturated rings. The monoisotopic (exact) mass is 409 g/mol. The Morgan fingerprint density at radius 1 is 0.926 bits per heavy atom. The summed E-state index contributed by atoms with van der Waals surface area (Å²) in [5.74, 6) is -0.396. The molecular formula is C18H10F3NO3S2. The highest BCUT2D eigenvalue weighted by atomic mass is 32.2. The Kier molecular flexibility index (Phi) is 4.08. The Hall–Kier alpha value is -2.65. The number of hydrogen-bond donors (Lipinski definition) is 0. The predicted molar refractivity (Wildman–Crippen MR) is 98.2 cm³/mol. The number of rotatable bonds is 3. The first kappa shape index (κ1) is 17.7. The molecule has 0 unspecified atom stereocenters. The fourth-order valence-corrected chi connectivity index (χ4v) is 3.99. The summed E-state index contributed by atoms with van der Waals surface area (Å²) in [6.07, 6.45) is 0. The van der Waals surface area contributed by atoms with Gasteiger partial charge in [-0.2, -0.15) is 21.6 Å². The topological polar surface area (TPSA) is 56.3 Å². The summed E-state index contributed by atoms with van der Waals surface area (Å²) in [6.45, 7) is 0. The minimum absolute atomic E-state index is 0.396. The van der Waals surface area contributed by atoms with Gasteiger partial charge >= 0.3 is 15.6 Å². The summed E-state index contributed by atoms with van der Waals surface area (Å²) in [4.78, 5) is 4.57. The van der Waals surface area contributed by atoms with E-state index in [1.54, 1.807) is 12.1 Å². The molecule has 27 heavy (non-hydrogen) atoms.